The molecule has 0 spiro atoms. The molecule has 4 aromatic rings. The van der Waals surface area contributed by atoms with Crippen molar-refractivity contribution in [3.8, 4) is 16.9 Å². The molecule has 1 aromatic heterocycles. The highest BCUT2D eigenvalue weighted by molar-refractivity contribution is 7.99. The summed E-state index contributed by atoms with van der Waals surface area (Å²) in [5, 5.41) is 9.51. The van der Waals surface area contributed by atoms with Crippen LogP contribution in [-0.4, -0.2) is 28.8 Å². The third-order valence-corrected chi connectivity index (χ3v) is 10.3. The van der Waals surface area contributed by atoms with Crippen LogP contribution < -0.4 is 4.74 Å². The van der Waals surface area contributed by atoms with Gasteiger partial charge in [-0.15, -0.1) is 23.1 Å². The van der Waals surface area contributed by atoms with Gasteiger partial charge >= 0.3 is 18.3 Å². The minimum atomic E-state index is -4.45. The first-order valence-corrected chi connectivity index (χ1v) is 16.2. The lowest BCUT2D eigenvalue weighted by atomic mass is 9.97. The summed E-state index contributed by atoms with van der Waals surface area (Å²) in [7, 11) is 0. The largest absolute Gasteiger partial charge is 0.482 e. The van der Waals surface area contributed by atoms with E-state index in [1.807, 2.05) is 38.1 Å². The number of thioether (sulfide) groups is 1. The van der Waals surface area contributed by atoms with Gasteiger partial charge < -0.3 is 9.84 Å². The first kappa shape index (κ1) is 34.3. The molecular formula is C35H29F6NO3S2. The van der Waals surface area contributed by atoms with Gasteiger partial charge in [0.2, 0.25) is 0 Å². The fraction of sp³-hybridized carbons (Fsp3) is 0.257. The van der Waals surface area contributed by atoms with Crippen molar-refractivity contribution in [2.45, 2.75) is 55.1 Å². The van der Waals surface area contributed by atoms with Gasteiger partial charge in [-0.3, -0.25) is 0 Å². The number of halogens is 6. The molecule has 0 fully saturated rings. The Kier molecular flexibility index (Phi) is 10.2. The number of carbonyl (C=O) groups is 1. The van der Waals surface area contributed by atoms with Gasteiger partial charge in [0.15, 0.2) is 6.61 Å². The molecule has 1 N–H and O–H groups in total. The molecule has 5 rings (SSSR count). The summed E-state index contributed by atoms with van der Waals surface area (Å²) >= 11 is 3.02. The van der Waals surface area contributed by atoms with E-state index in [9.17, 15) is 31.1 Å². The lowest BCUT2D eigenvalue weighted by Crippen LogP contribution is -2.12. The third kappa shape index (κ3) is 8.66. The number of thiazole rings is 1. The lowest BCUT2D eigenvalue weighted by molar-refractivity contribution is -0.139. The number of allylic oxidation sites excluding steroid dienone is 4. The number of ether oxygens (including phenoxy) is 1. The van der Waals surface area contributed by atoms with Crippen LogP contribution in [0, 0.1) is 13.8 Å². The molecule has 0 saturated carbocycles. The van der Waals surface area contributed by atoms with Crippen molar-refractivity contribution in [1.29, 1.82) is 0 Å². The van der Waals surface area contributed by atoms with Gasteiger partial charge in [-0.2, -0.15) is 26.3 Å². The molecule has 0 aliphatic heterocycles. The van der Waals surface area contributed by atoms with Crippen LogP contribution in [0.5, 0.6) is 5.75 Å². The molecule has 0 radical (unpaired) electrons. The van der Waals surface area contributed by atoms with E-state index >= 15 is 0 Å². The van der Waals surface area contributed by atoms with E-state index in [0.29, 0.717) is 28.3 Å². The van der Waals surface area contributed by atoms with Gasteiger partial charge in [-0.05, 0) is 79.3 Å². The molecule has 0 amide bonds. The minimum Gasteiger partial charge on any atom is -0.482 e. The zero-order valence-electron chi connectivity index (χ0n) is 25.2. The highest BCUT2D eigenvalue weighted by Gasteiger charge is 2.34. The number of benzene rings is 3. The lowest BCUT2D eigenvalue weighted by Gasteiger charge is -2.18. The normalized spacial score (nSPS) is 15.7. The fourth-order valence-electron chi connectivity index (χ4n) is 5.17. The van der Waals surface area contributed by atoms with Gasteiger partial charge in [0, 0.05) is 20.9 Å². The zero-order chi connectivity index (χ0) is 33.9. The van der Waals surface area contributed by atoms with E-state index < -0.39 is 36.1 Å². The maximum absolute atomic E-state index is 13.3. The van der Waals surface area contributed by atoms with Crippen LogP contribution in [0.2, 0.25) is 0 Å². The zero-order valence-corrected chi connectivity index (χ0v) is 26.8. The summed E-state index contributed by atoms with van der Waals surface area (Å²) in [5.41, 5.74) is 2.14. The summed E-state index contributed by atoms with van der Waals surface area (Å²) < 4.78 is 84.7. The predicted octanol–water partition coefficient (Wildman–Crippen LogP) is 10.5. The molecular weight excluding hydrogens is 661 g/mol. The molecule has 0 saturated heterocycles. The number of hydrogen-bond donors (Lipinski definition) is 1. The van der Waals surface area contributed by atoms with Crippen molar-refractivity contribution >= 4 is 29.1 Å². The molecule has 47 heavy (non-hydrogen) atoms. The van der Waals surface area contributed by atoms with Gasteiger partial charge in [-0.25, -0.2) is 9.78 Å². The van der Waals surface area contributed by atoms with Gasteiger partial charge in [0.25, 0.3) is 0 Å². The number of alkyl halides is 6. The Morgan fingerprint density at radius 3 is 2.36 bits per heavy atom. The van der Waals surface area contributed by atoms with Crippen molar-refractivity contribution in [3.63, 3.8) is 0 Å². The Balaban J connectivity index is 1.42. The average molecular weight is 690 g/mol. The Bertz CT molecular complexity index is 1810. The molecule has 3 aromatic carbocycles. The molecule has 0 bridgehead atoms. The summed E-state index contributed by atoms with van der Waals surface area (Å²) in [5.74, 6) is -0.926. The van der Waals surface area contributed by atoms with Gasteiger partial charge in [-0.1, -0.05) is 54.6 Å². The summed E-state index contributed by atoms with van der Waals surface area (Å²) in [4.78, 5) is 17.6. The topological polar surface area (TPSA) is 59.4 Å². The highest BCUT2D eigenvalue weighted by atomic mass is 32.2. The Labute approximate surface area is 275 Å². The Morgan fingerprint density at radius 1 is 1.00 bits per heavy atom. The molecule has 246 valence electrons. The number of aryl methyl sites for hydroxylation is 2. The summed E-state index contributed by atoms with van der Waals surface area (Å²) in [6.07, 6.45) is -4.31. The second-order valence-electron chi connectivity index (χ2n) is 11.1. The molecule has 4 nitrogen and oxygen atoms in total. The Hall–Kier alpha value is -4.03. The summed E-state index contributed by atoms with van der Waals surface area (Å²) in [6, 6.07) is 17.9. The van der Waals surface area contributed by atoms with Crippen LogP contribution in [0.4, 0.5) is 26.3 Å². The van der Waals surface area contributed by atoms with Crippen molar-refractivity contribution in [2.75, 3.05) is 6.61 Å². The van der Waals surface area contributed by atoms with Crippen molar-refractivity contribution < 1.29 is 41.0 Å². The van der Waals surface area contributed by atoms with Crippen molar-refractivity contribution in [2.24, 2.45) is 0 Å². The number of aromatic nitrogens is 1. The maximum atomic E-state index is 13.3. The van der Waals surface area contributed by atoms with E-state index in [1.54, 1.807) is 42.1 Å². The molecule has 1 aliphatic carbocycles. The SMILES string of the molecule is Cc1cc(SC(Cc2ccc(-c3cccc(C(F)(F)F)c3)cc2)c2sc(C3C=CC(C(F)(F)F)=CC3)nc2C)ccc1OCC(=O)O. The standard InChI is InChI=1S/C35H29F6NO3S2/c1-20-16-28(14-15-29(20)45-19-31(43)44)46-30(32-21(2)42-33(47-32)24-10-12-26(13-11-24)34(36,37)38)17-22-6-8-23(9-7-22)25-4-3-5-27(18-25)35(39,40)41/h3-10,12-16,18,24,30H,11,17,19H2,1-2H3,(H,43,44). The van der Waals surface area contributed by atoms with Gasteiger partial charge in [0.1, 0.15) is 10.8 Å². The smallest absolute Gasteiger partial charge is 0.416 e. The second kappa shape index (κ2) is 14.0. The molecule has 1 heterocycles. The third-order valence-electron chi connectivity index (χ3n) is 7.56. The van der Waals surface area contributed by atoms with Crippen LogP contribution in [0.1, 0.15) is 49.9 Å². The first-order valence-electron chi connectivity index (χ1n) is 14.5. The monoisotopic (exact) mass is 689 g/mol. The number of aliphatic carboxylic acids is 1. The van der Waals surface area contributed by atoms with E-state index in [1.165, 1.54) is 23.5 Å². The van der Waals surface area contributed by atoms with E-state index in [-0.39, 0.29) is 17.6 Å². The molecule has 2 atom stereocenters. The number of carboxylic acid groups (broad SMARTS) is 1. The van der Waals surface area contributed by atoms with Crippen LogP contribution in [0.3, 0.4) is 0 Å². The van der Waals surface area contributed by atoms with Crippen molar-refractivity contribution in [1.82, 2.24) is 4.98 Å². The highest BCUT2D eigenvalue weighted by Crippen LogP contribution is 2.45. The average Bonchev–Trinajstić information content (AvgIpc) is 3.41. The number of hydrogen-bond acceptors (Lipinski definition) is 5. The van der Waals surface area contributed by atoms with Crippen LogP contribution in [-0.2, 0) is 17.4 Å². The van der Waals surface area contributed by atoms with E-state index in [0.717, 1.165) is 44.8 Å². The van der Waals surface area contributed by atoms with E-state index in [4.69, 9.17) is 14.8 Å². The first-order chi connectivity index (χ1) is 22.2. The second-order valence-corrected chi connectivity index (χ2v) is 13.4. The van der Waals surface area contributed by atoms with Crippen LogP contribution in [0.25, 0.3) is 11.1 Å². The minimum absolute atomic E-state index is 0.167. The van der Waals surface area contributed by atoms with Gasteiger partial charge in [0.05, 0.1) is 16.8 Å². The Morgan fingerprint density at radius 2 is 1.74 bits per heavy atom. The fourth-order valence-corrected chi connectivity index (χ4v) is 7.88. The molecule has 12 heteroatoms. The number of carboxylic acids is 1. The number of nitrogens with zero attached hydrogens (tertiary/aromatic N) is 1. The van der Waals surface area contributed by atoms with E-state index in [2.05, 4.69) is 0 Å². The van der Waals surface area contributed by atoms with Crippen LogP contribution in [0.15, 0.2) is 95.4 Å². The molecule has 2 unspecified atom stereocenters. The number of rotatable bonds is 10. The quantitative estimate of drug-likeness (QED) is 0.133. The van der Waals surface area contributed by atoms with Crippen molar-refractivity contribution in [3.05, 3.63) is 123 Å². The summed E-state index contributed by atoms with van der Waals surface area (Å²) in [6.45, 7) is 3.22. The molecule has 1 aliphatic rings. The predicted molar refractivity (Wildman–Crippen MR) is 171 cm³/mol. The van der Waals surface area contributed by atoms with Crippen LogP contribution >= 0.6 is 23.1 Å². The maximum Gasteiger partial charge on any atom is 0.416 e.